The molecule has 2 nitrogen and oxygen atoms in total. The Balaban J connectivity index is 1.56. The minimum Gasteiger partial charge on any atom is -0.361 e. The first-order valence-corrected chi connectivity index (χ1v) is 8.25. The predicted octanol–water partition coefficient (Wildman–Crippen LogP) is 4.80. The molecule has 0 spiro atoms. The fourth-order valence-corrected chi connectivity index (χ4v) is 3.51. The molecule has 1 atom stereocenters. The third-order valence-corrected chi connectivity index (χ3v) is 4.98. The van der Waals surface area contributed by atoms with E-state index in [1.807, 2.05) is 6.20 Å². The average molecular weight is 290 g/mol. The number of benzene rings is 2. The van der Waals surface area contributed by atoms with Gasteiger partial charge in [-0.15, -0.1) is 0 Å². The number of nitrogens with one attached hydrogen (secondary N) is 2. The summed E-state index contributed by atoms with van der Waals surface area (Å²) in [5, 5.41) is 5.15. The molecule has 112 valence electrons. The molecule has 1 aromatic heterocycles. The predicted molar refractivity (Wildman–Crippen MR) is 91.7 cm³/mol. The summed E-state index contributed by atoms with van der Waals surface area (Å²) in [7, 11) is 0. The van der Waals surface area contributed by atoms with Crippen molar-refractivity contribution in [1.29, 1.82) is 0 Å². The third kappa shape index (κ3) is 2.55. The second-order valence-electron chi connectivity index (χ2n) is 6.32. The molecule has 1 aliphatic rings. The second kappa shape index (κ2) is 5.98. The molecule has 0 amide bonds. The lowest BCUT2D eigenvalue weighted by Crippen LogP contribution is -2.31. The van der Waals surface area contributed by atoms with Crippen molar-refractivity contribution in [2.24, 2.45) is 5.92 Å². The zero-order chi connectivity index (χ0) is 14.8. The average Bonchev–Trinajstić information content (AvgIpc) is 2.99. The molecule has 2 aromatic carbocycles. The minimum atomic E-state index is 0.476. The normalized spacial score (nSPS) is 16.5. The Morgan fingerprint density at radius 2 is 1.86 bits per heavy atom. The van der Waals surface area contributed by atoms with E-state index in [1.54, 1.807) is 0 Å². The number of hydrogen-bond donors (Lipinski definition) is 2. The Morgan fingerprint density at radius 1 is 1.00 bits per heavy atom. The Labute approximate surface area is 131 Å². The van der Waals surface area contributed by atoms with Gasteiger partial charge in [-0.05, 0) is 42.0 Å². The van der Waals surface area contributed by atoms with E-state index in [0.717, 1.165) is 12.5 Å². The van der Waals surface area contributed by atoms with Gasteiger partial charge in [0.2, 0.25) is 0 Å². The van der Waals surface area contributed by atoms with Gasteiger partial charge in [0.05, 0.1) is 0 Å². The van der Waals surface area contributed by atoms with Crippen LogP contribution in [0.25, 0.3) is 10.9 Å². The van der Waals surface area contributed by atoms with Gasteiger partial charge >= 0.3 is 0 Å². The smallest absolute Gasteiger partial charge is 0.0457 e. The summed E-state index contributed by atoms with van der Waals surface area (Å²) in [6, 6.07) is 20.1. The molecule has 0 aliphatic heterocycles. The lowest BCUT2D eigenvalue weighted by Gasteiger charge is -2.35. The molecule has 0 radical (unpaired) electrons. The van der Waals surface area contributed by atoms with Crippen molar-refractivity contribution in [3.05, 3.63) is 71.9 Å². The van der Waals surface area contributed by atoms with Crippen LogP contribution < -0.4 is 5.32 Å². The van der Waals surface area contributed by atoms with Crippen LogP contribution in [-0.4, -0.2) is 4.98 Å². The zero-order valence-corrected chi connectivity index (χ0v) is 12.8. The van der Waals surface area contributed by atoms with E-state index in [-0.39, 0.29) is 0 Å². The number of aromatic amines is 1. The van der Waals surface area contributed by atoms with Crippen LogP contribution in [0.4, 0.5) is 0 Å². The van der Waals surface area contributed by atoms with E-state index in [4.69, 9.17) is 0 Å². The molecule has 2 N–H and O–H groups in total. The van der Waals surface area contributed by atoms with Gasteiger partial charge < -0.3 is 10.3 Å². The van der Waals surface area contributed by atoms with Crippen molar-refractivity contribution in [2.75, 3.05) is 0 Å². The highest BCUT2D eigenvalue weighted by Crippen LogP contribution is 2.38. The van der Waals surface area contributed by atoms with E-state index in [9.17, 15) is 0 Å². The van der Waals surface area contributed by atoms with E-state index < -0.39 is 0 Å². The Hall–Kier alpha value is -2.06. The SMILES string of the molecule is c1ccc(C(NCc2cccc3[nH]ccc23)C2CCC2)cc1. The summed E-state index contributed by atoms with van der Waals surface area (Å²) in [6.07, 6.45) is 6.10. The number of H-pyrrole nitrogens is 1. The standard InChI is InChI=1S/C20H22N2/c1-2-6-15(7-3-1)20(16-8-4-9-16)22-14-17-10-5-11-19-18(17)12-13-21-19/h1-3,5-7,10-13,16,20-22H,4,8-9,14H2. The summed E-state index contributed by atoms with van der Waals surface area (Å²) in [4.78, 5) is 3.30. The highest BCUT2D eigenvalue weighted by atomic mass is 14.9. The maximum Gasteiger partial charge on any atom is 0.0457 e. The largest absolute Gasteiger partial charge is 0.361 e. The van der Waals surface area contributed by atoms with Crippen LogP contribution in [0.2, 0.25) is 0 Å². The van der Waals surface area contributed by atoms with Crippen molar-refractivity contribution in [3.8, 4) is 0 Å². The maximum atomic E-state index is 3.82. The first kappa shape index (κ1) is 13.6. The third-order valence-electron chi connectivity index (χ3n) is 4.98. The Kier molecular flexibility index (Phi) is 3.69. The molecule has 1 unspecified atom stereocenters. The summed E-state index contributed by atoms with van der Waals surface area (Å²) in [6.45, 7) is 0.922. The molecule has 1 saturated carbocycles. The van der Waals surface area contributed by atoms with Crippen molar-refractivity contribution >= 4 is 10.9 Å². The van der Waals surface area contributed by atoms with E-state index in [0.29, 0.717) is 6.04 Å². The quantitative estimate of drug-likeness (QED) is 0.694. The van der Waals surface area contributed by atoms with E-state index in [2.05, 4.69) is 64.9 Å². The van der Waals surface area contributed by atoms with Gasteiger partial charge in [0.25, 0.3) is 0 Å². The molecule has 4 rings (SSSR count). The molecule has 1 fully saturated rings. The number of rotatable bonds is 5. The first-order chi connectivity index (χ1) is 10.9. The summed E-state index contributed by atoms with van der Waals surface area (Å²) < 4.78 is 0. The zero-order valence-electron chi connectivity index (χ0n) is 12.8. The molecular weight excluding hydrogens is 268 g/mol. The number of hydrogen-bond acceptors (Lipinski definition) is 1. The van der Waals surface area contributed by atoms with Crippen molar-refractivity contribution < 1.29 is 0 Å². The van der Waals surface area contributed by atoms with Gasteiger partial charge in [-0.3, -0.25) is 0 Å². The lowest BCUT2D eigenvalue weighted by molar-refractivity contribution is 0.229. The van der Waals surface area contributed by atoms with Crippen LogP contribution in [0.1, 0.15) is 36.4 Å². The van der Waals surface area contributed by atoms with E-state index >= 15 is 0 Å². The molecular formula is C20H22N2. The Morgan fingerprint density at radius 3 is 2.64 bits per heavy atom. The topological polar surface area (TPSA) is 27.8 Å². The van der Waals surface area contributed by atoms with E-state index in [1.165, 1.54) is 41.3 Å². The number of fused-ring (bicyclic) bond motifs is 1. The summed E-state index contributed by atoms with van der Waals surface area (Å²) >= 11 is 0. The molecule has 0 saturated heterocycles. The molecule has 1 aliphatic carbocycles. The van der Waals surface area contributed by atoms with Gasteiger partial charge in [0.1, 0.15) is 0 Å². The summed E-state index contributed by atoms with van der Waals surface area (Å²) in [5.41, 5.74) is 4.02. The van der Waals surface area contributed by atoms with Crippen LogP contribution >= 0.6 is 0 Å². The monoisotopic (exact) mass is 290 g/mol. The Bertz CT molecular complexity index is 741. The fourth-order valence-electron chi connectivity index (χ4n) is 3.51. The first-order valence-electron chi connectivity index (χ1n) is 8.25. The van der Waals surface area contributed by atoms with Gasteiger partial charge in [-0.2, -0.15) is 0 Å². The highest BCUT2D eigenvalue weighted by Gasteiger charge is 2.28. The molecule has 2 heteroatoms. The van der Waals surface area contributed by atoms with Gasteiger partial charge in [-0.1, -0.05) is 48.9 Å². The van der Waals surface area contributed by atoms with Crippen LogP contribution in [0, 0.1) is 5.92 Å². The molecule has 22 heavy (non-hydrogen) atoms. The van der Waals surface area contributed by atoms with Gasteiger partial charge in [0.15, 0.2) is 0 Å². The molecule has 3 aromatic rings. The lowest BCUT2D eigenvalue weighted by atomic mass is 9.77. The van der Waals surface area contributed by atoms with Gasteiger partial charge in [0, 0.05) is 29.7 Å². The number of aromatic nitrogens is 1. The van der Waals surface area contributed by atoms with Crippen molar-refractivity contribution in [1.82, 2.24) is 10.3 Å². The molecule has 0 bridgehead atoms. The molecule has 1 heterocycles. The fraction of sp³-hybridized carbons (Fsp3) is 0.300. The van der Waals surface area contributed by atoms with Crippen LogP contribution in [0.5, 0.6) is 0 Å². The second-order valence-corrected chi connectivity index (χ2v) is 6.32. The van der Waals surface area contributed by atoms with Crippen LogP contribution in [0.15, 0.2) is 60.8 Å². The van der Waals surface area contributed by atoms with Crippen molar-refractivity contribution in [2.45, 2.75) is 31.8 Å². The van der Waals surface area contributed by atoms with Crippen LogP contribution in [-0.2, 0) is 6.54 Å². The highest BCUT2D eigenvalue weighted by molar-refractivity contribution is 5.82. The minimum absolute atomic E-state index is 0.476. The maximum absolute atomic E-state index is 3.82. The van der Waals surface area contributed by atoms with Crippen LogP contribution in [0.3, 0.4) is 0 Å². The van der Waals surface area contributed by atoms with Gasteiger partial charge in [-0.25, -0.2) is 0 Å². The summed E-state index contributed by atoms with van der Waals surface area (Å²) in [5.74, 6) is 0.785. The van der Waals surface area contributed by atoms with Crippen molar-refractivity contribution in [3.63, 3.8) is 0 Å².